The first-order chi connectivity index (χ1) is 23.9. The Balaban J connectivity index is -0.000000194. The third kappa shape index (κ3) is 35.5. The van der Waals surface area contributed by atoms with Gasteiger partial charge in [-0.2, -0.15) is 21.0 Å². The summed E-state index contributed by atoms with van der Waals surface area (Å²) in [4.78, 5) is -0.435. The molecule has 11 heteroatoms. The van der Waals surface area contributed by atoms with Crippen LogP contribution in [0.2, 0.25) is 0 Å². The minimum atomic E-state index is -0.109. The molecule has 0 aromatic heterocycles. The van der Waals surface area contributed by atoms with Gasteiger partial charge in [0.25, 0.3) is 0 Å². The standard InChI is InChI=1S/2C16H36N.2C4H2N2S2.Ni/c2*1-5-9-13-17(14-10-6-2,15-11-7-3)16-12-8-4;2*5-1-3(7)4(8)2-6;/h2*5-16H2,1-4H3;2*7-8H;/q2*+1;;;+2/p-4/b;;2*4-3-;. The van der Waals surface area contributed by atoms with E-state index in [9.17, 15) is 0 Å². The van der Waals surface area contributed by atoms with Gasteiger partial charge in [-0.05, 0) is 51.4 Å². The maximum Gasteiger partial charge on any atom is 2.00 e. The van der Waals surface area contributed by atoms with Crippen molar-refractivity contribution >= 4 is 50.5 Å². The molecule has 0 aromatic rings. The Morgan fingerprint density at radius 2 is 0.451 bits per heavy atom. The minimum Gasteiger partial charge on any atom is -0.770 e. The summed E-state index contributed by atoms with van der Waals surface area (Å²) >= 11 is 17.4. The van der Waals surface area contributed by atoms with Crippen molar-refractivity contribution in [1.29, 1.82) is 21.0 Å². The molecule has 0 aliphatic heterocycles. The molecule has 0 saturated carbocycles. The van der Waals surface area contributed by atoms with Gasteiger partial charge in [-0.15, -0.1) is 19.6 Å². The summed E-state index contributed by atoms with van der Waals surface area (Å²) in [5, 5.41) is 32.0. The van der Waals surface area contributed by atoms with Crippen LogP contribution in [-0.4, -0.2) is 61.3 Å². The summed E-state index contributed by atoms with van der Waals surface area (Å²) in [6.45, 7) is 30.0. The molecule has 296 valence electrons. The normalized spacial score (nSPS) is 11.4. The molecule has 0 amide bonds. The van der Waals surface area contributed by atoms with E-state index in [1.165, 1.54) is 164 Å². The number of rotatable bonds is 24. The van der Waals surface area contributed by atoms with Crippen LogP contribution >= 0.6 is 0 Å². The quantitative estimate of drug-likeness (QED) is 0.0411. The number of nitrogens with zero attached hydrogens (tertiary/aromatic N) is 6. The largest absolute Gasteiger partial charge is 2.00 e. The summed E-state index contributed by atoms with van der Waals surface area (Å²) in [5.41, 5.74) is 0. The fourth-order valence-corrected chi connectivity index (χ4v) is 5.68. The van der Waals surface area contributed by atoms with Gasteiger partial charge in [0.05, 0.1) is 76.6 Å². The molecule has 0 atom stereocenters. The number of nitriles is 4. The molecule has 6 nitrogen and oxygen atoms in total. The molecule has 0 aromatic carbocycles. The topological polar surface area (TPSA) is 95.2 Å². The van der Waals surface area contributed by atoms with Crippen LogP contribution in [0.15, 0.2) is 19.6 Å². The maximum atomic E-state index is 8.01. The summed E-state index contributed by atoms with van der Waals surface area (Å²) in [5.74, 6) is 0. The smallest absolute Gasteiger partial charge is 0.770 e. The molecule has 0 heterocycles. The second-order valence-corrected chi connectivity index (χ2v) is 14.7. The van der Waals surface area contributed by atoms with Crippen LogP contribution in [-0.2, 0) is 67.0 Å². The van der Waals surface area contributed by atoms with Gasteiger partial charge in [0.1, 0.15) is 0 Å². The zero-order valence-corrected chi connectivity index (χ0v) is 37.9. The average Bonchev–Trinajstić information content (AvgIpc) is 3.16. The minimum absolute atomic E-state index is 0. The molecule has 0 saturated heterocycles. The van der Waals surface area contributed by atoms with Crippen molar-refractivity contribution < 1.29 is 25.5 Å². The summed E-state index contributed by atoms with van der Waals surface area (Å²) in [6.07, 6.45) is 22.1. The Bertz CT molecular complexity index is 836. The van der Waals surface area contributed by atoms with Crippen LogP contribution < -0.4 is 0 Å². The van der Waals surface area contributed by atoms with Crippen molar-refractivity contribution in [2.45, 2.75) is 158 Å². The second-order valence-electron chi connectivity index (χ2n) is 13.1. The van der Waals surface area contributed by atoms with E-state index < -0.39 is 0 Å². The number of unbranched alkanes of at least 4 members (excludes halogenated alkanes) is 8. The second kappa shape index (κ2) is 43.1. The van der Waals surface area contributed by atoms with Gasteiger partial charge in [-0.1, -0.05) is 107 Å². The maximum absolute atomic E-state index is 8.01. The van der Waals surface area contributed by atoms with E-state index in [0.29, 0.717) is 0 Å². The zero-order valence-electron chi connectivity index (χ0n) is 33.6. The van der Waals surface area contributed by atoms with Gasteiger partial charge in [-0.25, -0.2) is 0 Å². The molecule has 0 fully saturated rings. The van der Waals surface area contributed by atoms with Gasteiger partial charge < -0.3 is 59.5 Å². The van der Waals surface area contributed by atoms with E-state index in [4.69, 9.17) is 21.0 Å². The fourth-order valence-electron chi connectivity index (χ4n) is 5.49. The molecular weight excluding hydrogens is 751 g/mol. The van der Waals surface area contributed by atoms with Crippen LogP contribution in [0.1, 0.15) is 158 Å². The molecule has 51 heavy (non-hydrogen) atoms. The van der Waals surface area contributed by atoms with Crippen molar-refractivity contribution in [3.63, 3.8) is 0 Å². The van der Waals surface area contributed by atoms with E-state index in [0.717, 1.165) is 0 Å². The predicted molar refractivity (Wildman–Crippen MR) is 225 cm³/mol. The summed E-state index contributed by atoms with van der Waals surface area (Å²) in [6, 6.07) is 6.33. The number of hydrogen-bond donors (Lipinski definition) is 0. The van der Waals surface area contributed by atoms with Crippen LogP contribution in [0.4, 0.5) is 0 Å². The Hall–Kier alpha value is -1.27. The number of quaternary nitrogens is 2. The van der Waals surface area contributed by atoms with Gasteiger partial charge in [0.15, 0.2) is 0 Å². The van der Waals surface area contributed by atoms with Crippen molar-refractivity contribution in [1.82, 2.24) is 0 Å². The Morgan fingerprint density at radius 1 is 0.333 bits per heavy atom. The van der Waals surface area contributed by atoms with Gasteiger partial charge in [0, 0.05) is 0 Å². The number of allylic oxidation sites excluding steroid dienone is 4. The molecule has 0 bridgehead atoms. The Morgan fingerprint density at radius 3 is 0.529 bits per heavy atom. The van der Waals surface area contributed by atoms with Crippen LogP contribution in [0.5, 0.6) is 0 Å². The van der Waals surface area contributed by atoms with Gasteiger partial charge in [0.2, 0.25) is 0 Å². The van der Waals surface area contributed by atoms with E-state index >= 15 is 0 Å². The molecule has 0 N–H and O–H groups in total. The van der Waals surface area contributed by atoms with Gasteiger partial charge >= 0.3 is 16.5 Å². The summed E-state index contributed by atoms with van der Waals surface area (Å²) < 4.78 is 2.84. The van der Waals surface area contributed by atoms with E-state index in [2.05, 4.69) is 106 Å². The Kier molecular flexibility index (Phi) is 49.9. The van der Waals surface area contributed by atoms with Crippen molar-refractivity contribution in [3.05, 3.63) is 19.6 Å². The third-order valence-electron chi connectivity index (χ3n) is 8.71. The molecule has 0 spiro atoms. The molecule has 0 unspecified atom stereocenters. The zero-order chi connectivity index (χ0) is 39.1. The van der Waals surface area contributed by atoms with Crippen molar-refractivity contribution in [2.75, 3.05) is 52.4 Å². The van der Waals surface area contributed by atoms with E-state index in [1.807, 2.05) is 0 Å². The van der Waals surface area contributed by atoms with E-state index in [1.54, 1.807) is 24.3 Å². The van der Waals surface area contributed by atoms with Crippen LogP contribution in [0.3, 0.4) is 0 Å². The van der Waals surface area contributed by atoms with Crippen LogP contribution in [0, 0.1) is 45.3 Å². The Labute approximate surface area is 349 Å². The number of hydrogen-bond acceptors (Lipinski definition) is 8. The molecule has 0 aliphatic rings. The first-order valence-corrected chi connectivity index (χ1v) is 21.0. The van der Waals surface area contributed by atoms with E-state index in [-0.39, 0.29) is 36.1 Å². The van der Waals surface area contributed by atoms with Crippen molar-refractivity contribution in [2.24, 2.45) is 0 Å². The molecule has 0 aliphatic carbocycles. The molecular formula is C40H72N6NiS4. The summed E-state index contributed by atoms with van der Waals surface area (Å²) in [7, 11) is 0. The first kappa shape index (κ1) is 59.0. The molecule has 0 radical (unpaired) electrons. The van der Waals surface area contributed by atoms with Crippen molar-refractivity contribution in [3.8, 4) is 24.3 Å². The SMILES string of the molecule is CCCC[N+](CCCC)(CCCC)CCCC.CCCC[N+](CCCC)(CCCC)CCCC.N#C/C([S-])=C(/[S-])C#N.N#C/C([S-])=C(/[S-])C#N.[Ni+2]. The monoisotopic (exact) mass is 822 g/mol. The van der Waals surface area contributed by atoms with Gasteiger partial charge in [-0.3, -0.25) is 0 Å². The predicted octanol–water partition coefficient (Wildman–Crippen LogP) is 10.7. The fraction of sp³-hybridized carbons (Fsp3) is 0.800. The van der Waals surface area contributed by atoms with Crippen LogP contribution in [0.25, 0.3) is 0 Å². The molecule has 0 rings (SSSR count). The third-order valence-corrected chi connectivity index (χ3v) is 10.1. The first-order valence-electron chi connectivity index (χ1n) is 19.4. The average molecular weight is 824 g/mol.